The van der Waals surface area contributed by atoms with Gasteiger partial charge < -0.3 is 15.3 Å². The number of halogens is 2. The van der Waals surface area contributed by atoms with Crippen molar-refractivity contribution in [2.45, 2.75) is 33.8 Å². The first kappa shape index (κ1) is 22.7. The number of aliphatic hydroxyl groups is 1. The first-order valence-electron chi connectivity index (χ1n) is 8.23. The minimum atomic E-state index is -0.613. The molecule has 0 saturated heterocycles. The number of phenolic OH excluding ortho intramolecular Hbond substituents is 2. The third kappa shape index (κ3) is 6.41. The predicted molar refractivity (Wildman–Crippen MR) is 111 cm³/mol. The molecule has 0 fully saturated rings. The number of carbonyl (C=O) groups is 1. The van der Waals surface area contributed by atoms with E-state index in [1.165, 1.54) is 6.07 Å². The summed E-state index contributed by atoms with van der Waals surface area (Å²) in [6.45, 7) is 7.43. The van der Waals surface area contributed by atoms with Gasteiger partial charge in [-0.15, -0.1) is 0 Å². The standard InChI is InChI=1S/C10H13BrO2.C10H11BrO2/c2*1-6(2)10(13)8-5-7(11)3-4-9(8)12/h3-6,10,12-13H,1-2H3;3-6,12H,1-2H3. The number of aliphatic hydroxyl groups excluding tert-OH is 1. The van der Waals surface area contributed by atoms with E-state index in [4.69, 9.17) is 0 Å². The van der Waals surface area contributed by atoms with Gasteiger partial charge in [-0.3, -0.25) is 4.79 Å². The van der Waals surface area contributed by atoms with Gasteiger partial charge in [0.1, 0.15) is 11.5 Å². The number of ketones is 1. The molecule has 0 bridgehead atoms. The van der Waals surface area contributed by atoms with Crippen molar-refractivity contribution in [3.05, 3.63) is 56.5 Å². The molecule has 26 heavy (non-hydrogen) atoms. The van der Waals surface area contributed by atoms with Gasteiger partial charge in [-0.25, -0.2) is 0 Å². The van der Waals surface area contributed by atoms with Crippen LogP contribution in [0.5, 0.6) is 11.5 Å². The van der Waals surface area contributed by atoms with Gasteiger partial charge in [-0.2, -0.15) is 0 Å². The van der Waals surface area contributed by atoms with Crippen molar-refractivity contribution < 1.29 is 20.1 Å². The summed E-state index contributed by atoms with van der Waals surface area (Å²) in [6, 6.07) is 9.90. The molecule has 0 spiro atoms. The van der Waals surface area contributed by atoms with Crippen molar-refractivity contribution in [3.63, 3.8) is 0 Å². The quantitative estimate of drug-likeness (QED) is 0.473. The smallest absolute Gasteiger partial charge is 0.169 e. The molecule has 0 heterocycles. The van der Waals surface area contributed by atoms with Crippen LogP contribution in [0, 0.1) is 11.8 Å². The summed E-state index contributed by atoms with van der Waals surface area (Å²) >= 11 is 6.54. The van der Waals surface area contributed by atoms with Crippen LogP contribution in [-0.2, 0) is 0 Å². The molecule has 2 aromatic rings. The highest BCUT2D eigenvalue weighted by Crippen LogP contribution is 2.31. The molecule has 1 atom stereocenters. The van der Waals surface area contributed by atoms with Gasteiger partial charge in [-0.1, -0.05) is 59.6 Å². The Kier molecular flexibility index (Phi) is 8.80. The molecule has 2 aromatic carbocycles. The molecule has 0 aromatic heterocycles. The molecule has 0 aliphatic carbocycles. The fourth-order valence-corrected chi connectivity index (χ4v) is 2.88. The molecule has 3 N–H and O–H groups in total. The van der Waals surface area contributed by atoms with E-state index < -0.39 is 6.10 Å². The Hall–Kier alpha value is -1.37. The molecule has 0 aliphatic heterocycles. The Morgan fingerprint density at radius 2 is 1.38 bits per heavy atom. The minimum Gasteiger partial charge on any atom is -0.508 e. The molecular formula is C20H24Br2O4. The Bertz CT molecular complexity index is 757. The Labute approximate surface area is 171 Å². The van der Waals surface area contributed by atoms with E-state index in [-0.39, 0.29) is 29.1 Å². The maximum Gasteiger partial charge on any atom is 0.169 e. The van der Waals surface area contributed by atoms with Crippen LogP contribution in [0.25, 0.3) is 0 Å². The van der Waals surface area contributed by atoms with Crippen LogP contribution in [0.15, 0.2) is 45.3 Å². The monoisotopic (exact) mass is 486 g/mol. The zero-order chi connectivity index (χ0) is 20.0. The number of hydrogen-bond acceptors (Lipinski definition) is 4. The fraction of sp³-hybridized carbons (Fsp3) is 0.350. The Morgan fingerprint density at radius 3 is 1.88 bits per heavy atom. The average Bonchev–Trinajstić information content (AvgIpc) is 2.58. The lowest BCUT2D eigenvalue weighted by Gasteiger charge is -2.16. The molecule has 0 aliphatic rings. The molecule has 6 heteroatoms. The zero-order valence-corrected chi connectivity index (χ0v) is 18.4. The molecule has 0 amide bonds. The lowest BCUT2D eigenvalue weighted by Crippen LogP contribution is -2.07. The second kappa shape index (κ2) is 10.1. The Morgan fingerprint density at radius 1 is 0.885 bits per heavy atom. The largest absolute Gasteiger partial charge is 0.508 e. The summed E-state index contributed by atoms with van der Waals surface area (Å²) in [5.74, 6) is 0.144. The number of rotatable bonds is 4. The van der Waals surface area contributed by atoms with Gasteiger partial charge in [0.05, 0.1) is 11.7 Å². The third-order valence-corrected chi connectivity index (χ3v) is 4.67. The van der Waals surface area contributed by atoms with Gasteiger partial charge in [-0.05, 0) is 42.3 Å². The highest BCUT2D eigenvalue weighted by atomic mass is 79.9. The van der Waals surface area contributed by atoms with Crippen molar-refractivity contribution in [1.29, 1.82) is 0 Å². The molecule has 142 valence electrons. The van der Waals surface area contributed by atoms with Crippen LogP contribution in [0.4, 0.5) is 0 Å². The Balaban J connectivity index is 0.000000260. The summed E-state index contributed by atoms with van der Waals surface area (Å²) < 4.78 is 1.66. The van der Waals surface area contributed by atoms with Crippen LogP contribution in [0.2, 0.25) is 0 Å². The number of phenols is 2. The van der Waals surface area contributed by atoms with Gasteiger partial charge >= 0.3 is 0 Å². The first-order valence-corrected chi connectivity index (χ1v) is 9.82. The highest BCUT2D eigenvalue weighted by molar-refractivity contribution is 9.10. The molecule has 2 rings (SSSR count). The summed E-state index contributed by atoms with van der Waals surface area (Å²) in [5.41, 5.74) is 0.953. The van der Waals surface area contributed by atoms with Crippen molar-refractivity contribution >= 4 is 37.6 Å². The topological polar surface area (TPSA) is 77.8 Å². The van der Waals surface area contributed by atoms with Gasteiger partial charge in [0.2, 0.25) is 0 Å². The molecular weight excluding hydrogens is 464 g/mol. The number of carbonyl (C=O) groups excluding carboxylic acids is 1. The number of benzene rings is 2. The van der Waals surface area contributed by atoms with E-state index in [0.29, 0.717) is 11.1 Å². The second-order valence-electron chi connectivity index (χ2n) is 6.57. The first-order chi connectivity index (χ1) is 12.0. The minimum absolute atomic E-state index is 0.0428. The average molecular weight is 488 g/mol. The molecule has 0 saturated carbocycles. The van der Waals surface area contributed by atoms with E-state index in [2.05, 4.69) is 31.9 Å². The van der Waals surface area contributed by atoms with Crippen LogP contribution >= 0.6 is 31.9 Å². The summed E-state index contributed by atoms with van der Waals surface area (Å²) in [7, 11) is 0. The van der Waals surface area contributed by atoms with Crippen LogP contribution < -0.4 is 0 Å². The van der Waals surface area contributed by atoms with Gasteiger partial charge in [0.25, 0.3) is 0 Å². The van der Waals surface area contributed by atoms with Crippen molar-refractivity contribution in [3.8, 4) is 11.5 Å². The third-order valence-electron chi connectivity index (χ3n) is 3.69. The zero-order valence-electron chi connectivity index (χ0n) is 15.2. The van der Waals surface area contributed by atoms with Crippen molar-refractivity contribution in [2.75, 3.05) is 0 Å². The summed E-state index contributed by atoms with van der Waals surface area (Å²) in [4.78, 5) is 11.5. The van der Waals surface area contributed by atoms with Gasteiger partial charge in [0.15, 0.2) is 5.78 Å². The van der Waals surface area contributed by atoms with E-state index in [1.54, 1.807) is 30.3 Å². The number of Topliss-reactive ketones (excluding diaryl/α,β-unsaturated/α-hetero) is 1. The van der Waals surface area contributed by atoms with E-state index in [9.17, 15) is 20.1 Å². The highest BCUT2D eigenvalue weighted by Gasteiger charge is 2.16. The predicted octanol–water partition coefficient (Wildman–Crippen LogP) is 5.84. The van der Waals surface area contributed by atoms with Crippen LogP contribution in [0.1, 0.15) is 49.7 Å². The maximum atomic E-state index is 11.5. The number of hydrogen-bond donors (Lipinski definition) is 3. The van der Waals surface area contributed by atoms with Crippen molar-refractivity contribution in [1.82, 2.24) is 0 Å². The van der Waals surface area contributed by atoms with Crippen molar-refractivity contribution in [2.24, 2.45) is 11.8 Å². The maximum absolute atomic E-state index is 11.5. The van der Waals surface area contributed by atoms with E-state index in [1.807, 2.05) is 27.7 Å². The second-order valence-corrected chi connectivity index (χ2v) is 8.40. The van der Waals surface area contributed by atoms with E-state index in [0.717, 1.165) is 8.95 Å². The molecule has 1 unspecified atom stereocenters. The summed E-state index contributed by atoms with van der Waals surface area (Å²) in [6.07, 6.45) is -0.613. The lowest BCUT2D eigenvalue weighted by molar-refractivity contribution is 0.0936. The fourth-order valence-electron chi connectivity index (χ4n) is 2.14. The van der Waals surface area contributed by atoms with Crippen LogP contribution in [0.3, 0.4) is 0 Å². The number of aromatic hydroxyl groups is 2. The summed E-state index contributed by atoms with van der Waals surface area (Å²) in [5, 5.41) is 28.6. The van der Waals surface area contributed by atoms with Crippen LogP contribution in [-0.4, -0.2) is 21.1 Å². The SMILES string of the molecule is CC(C)C(=O)c1cc(Br)ccc1O.CC(C)C(O)c1cc(Br)ccc1O. The van der Waals surface area contributed by atoms with E-state index >= 15 is 0 Å². The molecule has 0 radical (unpaired) electrons. The normalized spacial score (nSPS) is 11.9. The van der Waals surface area contributed by atoms with Gasteiger partial charge in [0, 0.05) is 20.4 Å². The lowest BCUT2D eigenvalue weighted by atomic mass is 9.98. The molecule has 4 nitrogen and oxygen atoms in total.